The van der Waals surface area contributed by atoms with Crippen LogP contribution in [0.1, 0.15) is 54.6 Å². The van der Waals surface area contributed by atoms with Crippen LogP contribution >= 0.6 is 0 Å². The standard InChI is InChI=1S/C19H24N2O/c1-6-7-12-21-13-16(19(3,4)5)20-18(21)17(22)15-10-8-14(2)9-11-15/h6,8-11,13H,1,7,12H2,2-5H3. The molecule has 0 aliphatic rings. The summed E-state index contributed by atoms with van der Waals surface area (Å²) < 4.78 is 1.95. The number of hydrogen-bond acceptors (Lipinski definition) is 2. The maximum atomic E-state index is 12.8. The van der Waals surface area contributed by atoms with Crippen molar-refractivity contribution in [2.45, 2.75) is 46.1 Å². The summed E-state index contributed by atoms with van der Waals surface area (Å²) in [6.45, 7) is 12.8. The van der Waals surface area contributed by atoms with E-state index < -0.39 is 0 Å². The van der Waals surface area contributed by atoms with Gasteiger partial charge in [-0.25, -0.2) is 4.98 Å². The van der Waals surface area contributed by atoms with E-state index in [9.17, 15) is 4.79 Å². The number of benzene rings is 1. The fraction of sp³-hybridized carbons (Fsp3) is 0.368. The molecule has 0 unspecified atom stereocenters. The highest BCUT2D eigenvalue weighted by atomic mass is 16.1. The maximum absolute atomic E-state index is 12.8. The molecule has 0 atom stereocenters. The molecule has 0 saturated carbocycles. The van der Waals surface area contributed by atoms with Crippen LogP contribution in [0.4, 0.5) is 0 Å². The number of aryl methyl sites for hydroxylation is 2. The van der Waals surface area contributed by atoms with E-state index >= 15 is 0 Å². The summed E-state index contributed by atoms with van der Waals surface area (Å²) in [6.07, 6.45) is 4.66. The molecule has 0 aliphatic carbocycles. The molecule has 0 spiro atoms. The zero-order valence-corrected chi connectivity index (χ0v) is 13.9. The Morgan fingerprint density at radius 1 is 1.27 bits per heavy atom. The van der Waals surface area contributed by atoms with Crippen molar-refractivity contribution in [3.05, 3.63) is 65.8 Å². The zero-order chi connectivity index (χ0) is 16.3. The zero-order valence-electron chi connectivity index (χ0n) is 13.9. The predicted octanol–water partition coefficient (Wildman–Crippen LogP) is 4.30. The van der Waals surface area contributed by atoms with Crippen molar-refractivity contribution in [1.82, 2.24) is 9.55 Å². The molecule has 0 N–H and O–H groups in total. The van der Waals surface area contributed by atoms with Crippen molar-refractivity contribution in [1.29, 1.82) is 0 Å². The van der Waals surface area contributed by atoms with Crippen LogP contribution in [-0.4, -0.2) is 15.3 Å². The van der Waals surface area contributed by atoms with Crippen LogP contribution in [0.15, 0.2) is 43.1 Å². The molecular weight excluding hydrogens is 272 g/mol. The normalized spacial score (nSPS) is 11.5. The van der Waals surface area contributed by atoms with Crippen molar-refractivity contribution in [3.8, 4) is 0 Å². The van der Waals surface area contributed by atoms with Gasteiger partial charge in [0.2, 0.25) is 5.78 Å². The Hall–Kier alpha value is -2.16. The van der Waals surface area contributed by atoms with E-state index in [1.54, 1.807) is 0 Å². The van der Waals surface area contributed by atoms with Crippen LogP contribution in [0.25, 0.3) is 0 Å². The van der Waals surface area contributed by atoms with E-state index in [4.69, 9.17) is 0 Å². The molecular formula is C19H24N2O. The van der Waals surface area contributed by atoms with Crippen molar-refractivity contribution in [2.24, 2.45) is 0 Å². The lowest BCUT2D eigenvalue weighted by molar-refractivity contribution is 0.102. The first-order valence-corrected chi connectivity index (χ1v) is 7.63. The van der Waals surface area contributed by atoms with Crippen LogP contribution in [0.2, 0.25) is 0 Å². The molecule has 2 rings (SSSR count). The van der Waals surface area contributed by atoms with Crippen molar-refractivity contribution < 1.29 is 4.79 Å². The number of rotatable bonds is 5. The predicted molar refractivity (Wildman–Crippen MR) is 90.4 cm³/mol. The number of ketones is 1. The molecule has 1 aromatic carbocycles. The summed E-state index contributed by atoms with van der Waals surface area (Å²) in [7, 11) is 0. The van der Waals surface area contributed by atoms with Crippen molar-refractivity contribution >= 4 is 5.78 Å². The molecule has 0 fully saturated rings. The van der Waals surface area contributed by atoms with E-state index in [0.717, 1.165) is 24.2 Å². The van der Waals surface area contributed by atoms with Gasteiger partial charge in [-0.3, -0.25) is 4.79 Å². The number of imidazole rings is 1. The number of hydrogen-bond donors (Lipinski definition) is 0. The van der Waals surface area contributed by atoms with Gasteiger partial charge in [0, 0.05) is 23.7 Å². The van der Waals surface area contributed by atoms with Gasteiger partial charge in [0.1, 0.15) is 0 Å². The van der Waals surface area contributed by atoms with Crippen LogP contribution in [0.5, 0.6) is 0 Å². The SMILES string of the molecule is C=CCCn1cc(C(C)(C)C)nc1C(=O)c1ccc(C)cc1. The summed E-state index contributed by atoms with van der Waals surface area (Å²) in [4.78, 5) is 17.4. The van der Waals surface area contributed by atoms with E-state index in [-0.39, 0.29) is 11.2 Å². The highest BCUT2D eigenvalue weighted by molar-refractivity contribution is 6.06. The number of carbonyl (C=O) groups is 1. The average molecular weight is 296 g/mol. The molecule has 3 heteroatoms. The van der Waals surface area contributed by atoms with Crippen molar-refractivity contribution in [3.63, 3.8) is 0 Å². The van der Waals surface area contributed by atoms with Gasteiger partial charge in [0.25, 0.3) is 0 Å². The Morgan fingerprint density at radius 2 is 1.91 bits per heavy atom. The third-order valence-corrected chi connectivity index (χ3v) is 3.64. The Bertz CT molecular complexity index is 672. The Labute approximate surface area is 132 Å². The highest BCUT2D eigenvalue weighted by Gasteiger charge is 2.23. The van der Waals surface area contributed by atoms with Gasteiger partial charge in [-0.2, -0.15) is 0 Å². The first kappa shape index (κ1) is 16.2. The van der Waals surface area contributed by atoms with E-state index in [2.05, 4.69) is 32.3 Å². The second-order valence-electron chi connectivity index (χ2n) is 6.67. The average Bonchev–Trinajstić information content (AvgIpc) is 2.89. The Balaban J connectivity index is 2.42. The van der Waals surface area contributed by atoms with Crippen LogP contribution in [0, 0.1) is 6.92 Å². The molecule has 0 bridgehead atoms. The van der Waals surface area contributed by atoms with Crippen LogP contribution < -0.4 is 0 Å². The second kappa shape index (κ2) is 6.30. The molecule has 3 nitrogen and oxygen atoms in total. The largest absolute Gasteiger partial charge is 0.328 e. The minimum atomic E-state index is -0.0816. The topological polar surface area (TPSA) is 34.9 Å². The van der Waals surface area contributed by atoms with E-state index in [1.165, 1.54) is 0 Å². The molecule has 0 aliphatic heterocycles. The first-order valence-electron chi connectivity index (χ1n) is 7.63. The Morgan fingerprint density at radius 3 is 2.45 bits per heavy atom. The van der Waals surface area contributed by atoms with Gasteiger partial charge in [0.05, 0.1) is 5.69 Å². The van der Waals surface area contributed by atoms with Gasteiger partial charge in [0.15, 0.2) is 5.82 Å². The summed E-state index contributed by atoms with van der Waals surface area (Å²) in [5.74, 6) is 0.482. The van der Waals surface area contributed by atoms with Gasteiger partial charge in [-0.15, -0.1) is 6.58 Å². The lowest BCUT2D eigenvalue weighted by Crippen LogP contribution is -2.13. The molecule has 0 radical (unpaired) electrons. The fourth-order valence-electron chi connectivity index (χ4n) is 2.19. The van der Waals surface area contributed by atoms with Crippen LogP contribution in [-0.2, 0) is 12.0 Å². The second-order valence-corrected chi connectivity index (χ2v) is 6.67. The molecule has 1 aromatic heterocycles. The van der Waals surface area contributed by atoms with Gasteiger partial charge in [-0.05, 0) is 13.3 Å². The summed E-state index contributed by atoms with van der Waals surface area (Å²) >= 11 is 0. The molecule has 0 amide bonds. The molecule has 2 aromatic rings. The third-order valence-electron chi connectivity index (χ3n) is 3.64. The number of nitrogens with zero attached hydrogens (tertiary/aromatic N) is 2. The van der Waals surface area contributed by atoms with Gasteiger partial charge >= 0.3 is 0 Å². The number of allylic oxidation sites excluding steroid dienone is 1. The molecule has 22 heavy (non-hydrogen) atoms. The smallest absolute Gasteiger partial charge is 0.228 e. The minimum absolute atomic E-state index is 0.0282. The molecule has 1 heterocycles. The Kier molecular flexibility index (Phi) is 4.65. The third kappa shape index (κ3) is 3.53. The lowest BCUT2D eigenvalue weighted by atomic mass is 9.93. The lowest BCUT2D eigenvalue weighted by Gasteiger charge is -2.14. The molecule has 0 saturated heterocycles. The fourth-order valence-corrected chi connectivity index (χ4v) is 2.19. The van der Waals surface area contributed by atoms with Crippen LogP contribution in [0.3, 0.4) is 0 Å². The number of aromatic nitrogens is 2. The van der Waals surface area contributed by atoms with Crippen molar-refractivity contribution in [2.75, 3.05) is 0 Å². The summed E-state index contributed by atoms with van der Waals surface area (Å²) in [6, 6.07) is 7.63. The summed E-state index contributed by atoms with van der Waals surface area (Å²) in [5.41, 5.74) is 2.67. The van der Waals surface area contributed by atoms with E-state index in [1.807, 2.05) is 48.0 Å². The first-order chi connectivity index (χ1) is 10.3. The monoisotopic (exact) mass is 296 g/mol. The number of carbonyl (C=O) groups excluding carboxylic acids is 1. The van der Waals surface area contributed by atoms with E-state index in [0.29, 0.717) is 11.4 Å². The minimum Gasteiger partial charge on any atom is -0.328 e. The highest BCUT2D eigenvalue weighted by Crippen LogP contribution is 2.23. The molecule has 116 valence electrons. The van der Waals surface area contributed by atoms with Gasteiger partial charge in [-0.1, -0.05) is 56.7 Å². The van der Waals surface area contributed by atoms with Gasteiger partial charge < -0.3 is 4.57 Å². The quantitative estimate of drug-likeness (QED) is 0.609. The maximum Gasteiger partial charge on any atom is 0.228 e. The summed E-state index contributed by atoms with van der Waals surface area (Å²) in [5, 5.41) is 0.